The lowest BCUT2D eigenvalue weighted by atomic mass is 10.2. The number of nitrogens with zero attached hydrogens (tertiary/aromatic N) is 2. The van der Waals surface area contributed by atoms with Crippen LogP contribution < -0.4 is 5.32 Å². The number of fused-ring (bicyclic) bond motifs is 1. The van der Waals surface area contributed by atoms with Gasteiger partial charge in [0.1, 0.15) is 5.82 Å². The van der Waals surface area contributed by atoms with Gasteiger partial charge >= 0.3 is 5.97 Å². The van der Waals surface area contributed by atoms with Gasteiger partial charge < -0.3 is 10.1 Å². The normalized spacial score (nSPS) is 10.8. The number of aryl methyl sites for hydroxylation is 1. The van der Waals surface area contributed by atoms with E-state index in [9.17, 15) is 9.18 Å². The van der Waals surface area contributed by atoms with Gasteiger partial charge in [0.25, 0.3) is 0 Å². The number of halogens is 2. The van der Waals surface area contributed by atoms with Gasteiger partial charge in [0.05, 0.1) is 23.0 Å². The van der Waals surface area contributed by atoms with Crippen LogP contribution >= 0.6 is 15.9 Å². The number of esters is 1. The molecular formula is C13H15BrFN3O2. The van der Waals surface area contributed by atoms with Crippen LogP contribution in [0.5, 0.6) is 0 Å². The van der Waals surface area contributed by atoms with E-state index < -0.39 is 0 Å². The average Bonchev–Trinajstić information content (AvgIpc) is 2.68. The van der Waals surface area contributed by atoms with E-state index in [0.29, 0.717) is 28.8 Å². The third-order valence-corrected chi connectivity index (χ3v) is 3.43. The minimum Gasteiger partial charge on any atom is -0.466 e. The van der Waals surface area contributed by atoms with Crippen LogP contribution in [0.2, 0.25) is 0 Å². The Morgan fingerprint density at radius 1 is 1.55 bits per heavy atom. The van der Waals surface area contributed by atoms with Crippen molar-refractivity contribution in [3.8, 4) is 0 Å². The molecular weight excluding hydrogens is 329 g/mol. The van der Waals surface area contributed by atoms with Crippen LogP contribution in [0.4, 0.5) is 10.2 Å². The van der Waals surface area contributed by atoms with Crippen LogP contribution in [0.1, 0.15) is 13.3 Å². The van der Waals surface area contributed by atoms with Crippen LogP contribution in [0.25, 0.3) is 10.9 Å². The Labute approximate surface area is 124 Å². The molecule has 20 heavy (non-hydrogen) atoms. The fourth-order valence-corrected chi connectivity index (χ4v) is 2.23. The van der Waals surface area contributed by atoms with E-state index in [-0.39, 0.29) is 18.2 Å². The summed E-state index contributed by atoms with van der Waals surface area (Å²) in [5, 5.41) is 7.99. The van der Waals surface area contributed by atoms with Gasteiger partial charge in [-0.15, -0.1) is 0 Å². The first-order chi connectivity index (χ1) is 9.52. The monoisotopic (exact) mass is 343 g/mol. The van der Waals surface area contributed by atoms with Gasteiger partial charge in [-0.3, -0.25) is 9.48 Å². The lowest BCUT2D eigenvalue weighted by Gasteiger charge is -2.03. The van der Waals surface area contributed by atoms with Crippen LogP contribution in [0.3, 0.4) is 0 Å². The first-order valence-corrected chi connectivity index (χ1v) is 7.03. The van der Waals surface area contributed by atoms with Crippen molar-refractivity contribution in [1.29, 1.82) is 0 Å². The molecule has 0 spiro atoms. The quantitative estimate of drug-likeness (QED) is 0.848. The van der Waals surface area contributed by atoms with Crippen LogP contribution in [0, 0.1) is 5.82 Å². The fourth-order valence-electron chi connectivity index (χ4n) is 1.90. The topological polar surface area (TPSA) is 56.1 Å². The molecule has 1 aromatic heterocycles. The number of aromatic nitrogens is 2. The van der Waals surface area contributed by atoms with E-state index >= 15 is 0 Å². The van der Waals surface area contributed by atoms with Crippen molar-refractivity contribution in [3.63, 3.8) is 0 Å². The number of ether oxygens (including phenoxy) is 1. The number of hydrogen-bond donors (Lipinski definition) is 1. The fraction of sp³-hybridized carbons (Fsp3) is 0.385. The lowest BCUT2D eigenvalue weighted by molar-refractivity contribution is -0.142. The molecule has 2 rings (SSSR count). The second-order valence-electron chi connectivity index (χ2n) is 4.24. The van der Waals surface area contributed by atoms with Gasteiger partial charge in [-0.1, -0.05) is 0 Å². The zero-order valence-corrected chi connectivity index (χ0v) is 12.8. The summed E-state index contributed by atoms with van der Waals surface area (Å²) in [5.41, 5.74) is 0.803. The third-order valence-electron chi connectivity index (χ3n) is 2.82. The van der Waals surface area contributed by atoms with Crippen molar-refractivity contribution in [3.05, 3.63) is 22.4 Å². The van der Waals surface area contributed by atoms with Gasteiger partial charge in [-0.2, -0.15) is 5.10 Å². The van der Waals surface area contributed by atoms with Crippen molar-refractivity contribution < 1.29 is 13.9 Å². The summed E-state index contributed by atoms with van der Waals surface area (Å²) in [6, 6.07) is 3.09. The Hall–Kier alpha value is -1.63. The van der Waals surface area contributed by atoms with Crippen LogP contribution in [-0.4, -0.2) is 28.9 Å². The summed E-state index contributed by atoms with van der Waals surface area (Å²) in [5.74, 6) is -0.0636. The van der Waals surface area contributed by atoms with Crippen molar-refractivity contribution in [2.45, 2.75) is 13.3 Å². The predicted molar refractivity (Wildman–Crippen MR) is 78.1 cm³/mol. The van der Waals surface area contributed by atoms with E-state index in [1.54, 1.807) is 24.7 Å². The highest BCUT2D eigenvalue weighted by atomic mass is 79.9. The number of nitrogens with one attached hydrogen (secondary N) is 1. The molecule has 2 aromatic rings. The van der Waals surface area contributed by atoms with Crippen molar-refractivity contribution >= 4 is 38.6 Å². The highest BCUT2D eigenvalue weighted by molar-refractivity contribution is 9.10. The maximum absolute atomic E-state index is 13.6. The predicted octanol–water partition coefficient (Wildman–Crippen LogP) is 2.84. The smallest absolute Gasteiger partial charge is 0.307 e. The van der Waals surface area contributed by atoms with Crippen molar-refractivity contribution in [2.24, 2.45) is 7.05 Å². The molecule has 0 saturated carbocycles. The third kappa shape index (κ3) is 3.09. The van der Waals surface area contributed by atoms with Crippen molar-refractivity contribution in [1.82, 2.24) is 9.78 Å². The number of carbonyl (C=O) groups excluding carboxylic acids is 1. The molecule has 0 aliphatic carbocycles. The number of rotatable bonds is 5. The molecule has 7 heteroatoms. The molecule has 0 unspecified atom stereocenters. The summed E-state index contributed by atoms with van der Waals surface area (Å²) in [7, 11) is 1.78. The molecule has 5 nitrogen and oxygen atoms in total. The van der Waals surface area contributed by atoms with Gasteiger partial charge in [-0.05, 0) is 35.0 Å². The maximum Gasteiger partial charge on any atom is 0.307 e. The maximum atomic E-state index is 13.6. The van der Waals surface area contributed by atoms with Crippen molar-refractivity contribution in [2.75, 3.05) is 18.5 Å². The Morgan fingerprint density at radius 3 is 3.00 bits per heavy atom. The van der Waals surface area contributed by atoms with Gasteiger partial charge in [-0.25, -0.2) is 4.39 Å². The molecule has 0 bridgehead atoms. The Kier molecular flexibility index (Phi) is 4.59. The Morgan fingerprint density at radius 2 is 2.30 bits per heavy atom. The second kappa shape index (κ2) is 6.21. The number of benzene rings is 1. The molecule has 1 aromatic carbocycles. The largest absolute Gasteiger partial charge is 0.466 e. The number of anilines is 1. The zero-order chi connectivity index (χ0) is 14.7. The Balaban J connectivity index is 2.14. The molecule has 0 aliphatic rings. The summed E-state index contributed by atoms with van der Waals surface area (Å²) in [6.07, 6.45) is 0.241. The van der Waals surface area contributed by atoms with E-state index in [2.05, 4.69) is 26.3 Å². The SMILES string of the molecule is CCOC(=O)CCNc1nn(C)c2cc(Br)c(F)cc12. The minimum atomic E-state index is -0.348. The van der Waals surface area contributed by atoms with E-state index in [0.717, 1.165) is 5.52 Å². The van der Waals surface area contributed by atoms with Gasteiger partial charge in [0.2, 0.25) is 0 Å². The summed E-state index contributed by atoms with van der Waals surface area (Å²) in [6.45, 7) is 2.52. The highest BCUT2D eigenvalue weighted by Gasteiger charge is 2.12. The number of carbonyl (C=O) groups is 1. The molecule has 0 amide bonds. The first kappa shape index (κ1) is 14.8. The lowest BCUT2D eigenvalue weighted by Crippen LogP contribution is -2.11. The number of hydrogen-bond acceptors (Lipinski definition) is 4. The van der Waals surface area contributed by atoms with E-state index in [4.69, 9.17) is 4.74 Å². The summed E-state index contributed by atoms with van der Waals surface area (Å²) in [4.78, 5) is 11.2. The molecule has 0 aliphatic heterocycles. The van der Waals surface area contributed by atoms with Crippen LogP contribution in [-0.2, 0) is 16.6 Å². The van der Waals surface area contributed by atoms with E-state index in [1.807, 2.05) is 0 Å². The zero-order valence-electron chi connectivity index (χ0n) is 11.2. The first-order valence-electron chi connectivity index (χ1n) is 6.24. The molecule has 1 heterocycles. The molecule has 0 atom stereocenters. The van der Waals surface area contributed by atoms with Gasteiger partial charge in [0.15, 0.2) is 5.82 Å². The highest BCUT2D eigenvalue weighted by Crippen LogP contribution is 2.27. The molecule has 0 fully saturated rings. The van der Waals surface area contributed by atoms with E-state index in [1.165, 1.54) is 6.07 Å². The summed E-state index contributed by atoms with van der Waals surface area (Å²) < 4.78 is 20.5. The average molecular weight is 344 g/mol. The second-order valence-corrected chi connectivity index (χ2v) is 5.09. The minimum absolute atomic E-state index is 0.241. The molecule has 1 N–H and O–H groups in total. The van der Waals surface area contributed by atoms with Crippen LogP contribution in [0.15, 0.2) is 16.6 Å². The standard InChI is InChI=1S/C13H15BrFN3O2/c1-3-20-12(19)4-5-16-13-8-6-10(15)9(14)7-11(8)18(2)17-13/h6-7H,3-5H2,1-2H3,(H,16,17). The van der Waals surface area contributed by atoms with Gasteiger partial charge in [0, 0.05) is 19.0 Å². The Bertz CT molecular complexity index is 642. The summed E-state index contributed by atoms with van der Waals surface area (Å²) >= 11 is 3.15. The molecule has 0 saturated heterocycles. The molecule has 0 radical (unpaired) electrons. The molecule has 108 valence electrons.